The average Bonchev–Trinajstić information content (AvgIpc) is 2.78. The summed E-state index contributed by atoms with van der Waals surface area (Å²) in [6.45, 7) is 1.19. The molecule has 9 nitrogen and oxygen atoms in total. The lowest BCUT2D eigenvalue weighted by atomic mass is 10.0. The van der Waals surface area contributed by atoms with Crippen LogP contribution in [0.3, 0.4) is 0 Å². The van der Waals surface area contributed by atoms with Crippen LogP contribution in [0.1, 0.15) is 27.0 Å². The molecule has 0 amide bonds. The van der Waals surface area contributed by atoms with Gasteiger partial charge in [-0.15, -0.1) is 0 Å². The van der Waals surface area contributed by atoms with Gasteiger partial charge in [-0.25, -0.2) is 4.79 Å². The highest BCUT2D eigenvalue weighted by Crippen LogP contribution is 2.46. The van der Waals surface area contributed by atoms with Crippen LogP contribution >= 0.6 is 15.9 Å². The zero-order chi connectivity index (χ0) is 23.3. The Hall–Kier alpha value is -3.79. The maximum Gasteiger partial charge on any atom is 0.352 e. The molecule has 0 aromatic heterocycles. The van der Waals surface area contributed by atoms with Crippen LogP contribution in [0, 0.1) is 27.2 Å². The van der Waals surface area contributed by atoms with Crippen molar-refractivity contribution in [2.75, 3.05) is 0 Å². The second-order valence-electron chi connectivity index (χ2n) is 6.69. The Morgan fingerprint density at radius 2 is 1.38 bits per heavy atom. The molecular weight excluding hydrogens is 484 g/mol. The maximum atomic E-state index is 12.9. The minimum atomic E-state index is -1.20. The van der Waals surface area contributed by atoms with Gasteiger partial charge in [-0.2, -0.15) is 0 Å². The van der Waals surface area contributed by atoms with Crippen molar-refractivity contribution in [3.63, 3.8) is 0 Å². The number of benzene rings is 3. The smallest absolute Gasteiger partial charge is 0.352 e. The van der Waals surface area contributed by atoms with E-state index in [1.54, 1.807) is 60.7 Å². The largest absolute Gasteiger partial charge is 0.482 e. The van der Waals surface area contributed by atoms with Crippen LogP contribution in [-0.2, 0) is 18.0 Å². The first kappa shape index (κ1) is 22.9. The van der Waals surface area contributed by atoms with Crippen molar-refractivity contribution in [3.05, 3.63) is 108 Å². The molecule has 32 heavy (non-hydrogen) atoms. The van der Waals surface area contributed by atoms with E-state index in [9.17, 15) is 25.0 Å². The summed E-state index contributed by atoms with van der Waals surface area (Å²) in [4.78, 5) is 34.8. The molecule has 0 atom stereocenters. The fourth-order valence-electron chi connectivity index (χ4n) is 3.03. The lowest BCUT2D eigenvalue weighted by Gasteiger charge is -2.14. The van der Waals surface area contributed by atoms with Crippen molar-refractivity contribution in [2.24, 2.45) is 0 Å². The summed E-state index contributed by atoms with van der Waals surface area (Å²) < 4.78 is 10.8. The summed E-state index contributed by atoms with van der Waals surface area (Å²) >= 11 is 3.10. The fraction of sp³-hybridized carbons (Fsp3) is 0.136. The molecule has 0 saturated heterocycles. The monoisotopic (exact) mass is 500 g/mol. The molecule has 0 spiro atoms. The quantitative estimate of drug-likeness (QED) is 0.227. The van der Waals surface area contributed by atoms with Gasteiger partial charge in [-0.1, -0.05) is 60.7 Å². The zero-order valence-corrected chi connectivity index (χ0v) is 18.4. The minimum absolute atomic E-state index is 0.0364. The average molecular weight is 501 g/mol. The van der Waals surface area contributed by atoms with E-state index < -0.39 is 32.8 Å². The molecule has 0 bridgehead atoms. The molecule has 0 heterocycles. The van der Waals surface area contributed by atoms with Gasteiger partial charge in [0.15, 0.2) is 0 Å². The van der Waals surface area contributed by atoms with Crippen LogP contribution < -0.4 is 4.74 Å². The molecule has 0 N–H and O–H groups in total. The Kier molecular flexibility index (Phi) is 7.16. The normalized spacial score (nSPS) is 10.4. The minimum Gasteiger partial charge on any atom is -0.482 e. The van der Waals surface area contributed by atoms with E-state index >= 15 is 0 Å². The van der Waals surface area contributed by atoms with Crippen LogP contribution in [0.25, 0.3) is 0 Å². The van der Waals surface area contributed by atoms with Crippen molar-refractivity contribution in [2.45, 2.75) is 20.1 Å². The van der Waals surface area contributed by atoms with E-state index in [1.165, 1.54) is 6.92 Å². The zero-order valence-electron chi connectivity index (χ0n) is 16.8. The third-order valence-corrected chi connectivity index (χ3v) is 5.54. The van der Waals surface area contributed by atoms with Gasteiger partial charge in [-0.05, 0) is 34.0 Å². The standard InChI is InChI=1S/C22H17BrN2O7/c1-14-18(23)19(24(27)28)17(22(26)32-13-16-10-6-3-7-11-16)20(25(29)30)21(14)31-12-15-8-4-2-5-9-15/h2-11H,12-13H2,1H3. The molecule has 0 aliphatic rings. The number of rotatable bonds is 8. The number of nitrogens with zero attached hydrogens (tertiary/aromatic N) is 2. The van der Waals surface area contributed by atoms with Gasteiger partial charge in [0.1, 0.15) is 17.7 Å². The van der Waals surface area contributed by atoms with Gasteiger partial charge in [0.2, 0.25) is 11.3 Å². The van der Waals surface area contributed by atoms with E-state index in [0.29, 0.717) is 5.56 Å². The highest BCUT2D eigenvalue weighted by Gasteiger charge is 2.40. The Labute approximate surface area is 191 Å². The lowest BCUT2D eigenvalue weighted by Crippen LogP contribution is -2.14. The van der Waals surface area contributed by atoms with Crippen LogP contribution in [0.15, 0.2) is 65.1 Å². The molecule has 0 unspecified atom stereocenters. The van der Waals surface area contributed by atoms with Crippen molar-refractivity contribution in [1.29, 1.82) is 0 Å². The Morgan fingerprint density at radius 3 is 1.88 bits per heavy atom. The number of esters is 1. The molecule has 3 rings (SSSR count). The van der Waals surface area contributed by atoms with Gasteiger partial charge in [0.25, 0.3) is 0 Å². The topological polar surface area (TPSA) is 122 Å². The number of nitro groups is 2. The van der Waals surface area contributed by atoms with E-state index in [2.05, 4.69) is 15.9 Å². The summed E-state index contributed by atoms with van der Waals surface area (Å²) in [6, 6.07) is 17.5. The third-order valence-electron chi connectivity index (χ3n) is 4.57. The fourth-order valence-corrected chi connectivity index (χ4v) is 3.55. The summed E-state index contributed by atoms with van der Waals surface area (Å²) in [7, 11) is 0. The molecule has 164 valence electrons. The molecule has 0 aliphatic heterocycles. The number of carbonyl (C=O) groups is 1. The van der Waals surface area contributed by atoms with E-state index in [1.807, 2.05) is 0 Å². The van der Waals surface area contributed by atoms with Crippen molar-refractivity contribution in [1.82, 2.24) is 0 Å². The molecule has 0 aliphatic carbocycles. The van der Waals surface area contributed by atoms with Gasteiger partial charge in [0, 0.05) is 5.56 Å². The Morgan fingerprint density at radius 1 is 0.875 bits per heavy atom. The first-order valence-corrected chi connectivity index (χ1v) is 10.1. The summed E-state index contributed by atoms with van der Waals surface area (Å²) in [6.07, 6.45) is 0. The van der Waals surface area contributed by atoms with Crippen molar-refractivity contribution >= 4 is 33.3 Å². The SMILES string of the molecule is Cc1c(Br)c([N+](=O)[O-])c(C(=O)OCc2ccccc2)c([N+](=O)[O-])c1OCc1ccccc1. The van der Waals surface area contributed by atoms with Gasteiger partial charge >= 0.3 is 17.3 Å². The van der Waals surface area contributed by atoms with Crippen LogP contribution in [0.5, 0.6) is 5.75 Å². The number of hydrogen-bond acceptors (Lipinski definition) is 7. The predicted molar refractivity (Wildman–Crippen MR) is 119 cm³/mol. The summed E-state index contributed by atoms with van der Waals surface area (Å²) in [5.41, 5.74) is -0.872. The van der Waals surface area contributed by atoms with Crippen LogP contribution in [0.2, 0.25) is 0 Å². The van der Waals surface area contributed by atoms with E-state index in [4.69, 9.17) is 9.47 Å². The number of carbonyl (C=O) groups excluding carboxylic acids is 1. The molecular formula is C22H17BrN2O7. The van der Waals surface area contributed by atoms with E-state index in [0.717, 1.165) is 5.56 Å². The second kappa shape index (κ2) is 10.0. The maximum absolute atomic E-state index is 12.9. The number of nitro benzene ring substituents is 2. The second-order valence-corrected chi connectivity index (χ2v) is 7.48. The molecule has 10 heteroatoms. The third kappa shape index (κ3) is 4.92. The van der Waals surface area contributed by atoms with Crippen LogP contribution in [0.4, 0.5) is 11.4 Å². The highest BCUT2D eigenvalue weighted by atomic mass is 79.9. The first-order chi connectivity index (χ1) is 15.3. The molecule has 0 saturated carbocycles. The van der Waals surface area contributed by atoms with Gasteiger partial charge in [-0.3, -0.25) is 20.2 Å². The van der Waals surface area contributed by atoms with Gasteiger partial charge < -0.3 is 9.47 Å². The Bertz CT molecular complexity index is 1170. The van der Waals surface area contributed by atoms with Crippen LogP contribution in [-0.4, -0.2) is 15.8 Å². The molecule has 3 aromatic rings. The Balaban J connectivity index is 2.08. The van der Waals surface area contributed by atoms with Crippen molar-refractivity contribution in [3.8, 4) is 5.75 Å². The molecule has 3 aromatic carbocycles. The molecule has 0 fully saturated rings. The van der Waals surface area contributed by atoms with Gasteiger partial charge in [0.05, 0.1) is 9.85 Å². The summed E-state index contributed by atoms with van der Waals surface area (Å²) in [5, 5.41) is 23.7. The number of hydrogen-bond donors (Lipinski definition) is 0. The van der Waals surface area contributed by atoms with Crippen molar-refractivity contribution < 1.29 is 24.1 Å². The van der Waals surface area contributed by atoms with E-state index in [-0.39, 0.29) is 29.0 Å². The lowest BCUT2D eigenvalue weighted by molar-refractivity contribution is -0.395. The molecule has 0 radical (unpaired) electrons. The number of ether oxygens (including phenoxy) is 2. The number of halogens is 1. The highest BCUT2D eigenvalue weighted by molar-refractivity contribution is 9.10. The predicted octanol–water partition coefficient (Wildman–Crippen LogP) is 5.51. The first-order valence-electron chi connectivity index (χ1n) is 9.33. The summed E-state index contributed by atoms with van der Waals surface area (Å²) in [5.74, 6) is -1.44.